The maximum Gasteiger partial charge on any atom is 0.296 e. The fourth-order valence-electron chi connectivity index (χ4n) is 4.47. The lowest BCUT2D eigenvalue weighted by Crippen LogP contribution is -2.23. The summed E-state index contributed by atoms with van der Waals surface area (Å²) in [6.45, 7) is 1.64. The van der Waals surface area contributed by atoms with Crippen LogP contribution in [0.2, 0.25) is 0 Å². The SMILES string of the molecule is COc1ccc(NC(=O)c2ccc(NC(=O)c3cccc(S(=O)(=O)Nc4c(C)n(C)n(-c5ccccc5)c4=O)c3)cc2)cc1. The Bertz CT molecular complexity index is 2000. The molecule has 44 heavy (non-hydrogen) atoms. The van der Waals surface area contributed by atoms with Crippen molar-refractivity contribution in [3.05, 3.63) is 130 Å². The Labute approximate surface area is 253 Å². The van der Waals surface area contributed by atoms with Gasteiger partial charge < -0.3 is 15.4 Å². The lowest BCUT2D eigenvalue weighted by molar-refractivity contribution is 0.101. The lowest BCUT2D eigenvalue weighted by atomic mass is 10.1. The number of hydrogen-bond acceptors (Lipinski definition) is 6. The third kappa shape index (κ3) is 6.25. The number of ether oxygens (including phenoxy) is 1. The number of nitrogens with zero attached hydrogens (tertiary/aromatic N) is 2. The third-order valence-corrected chi connectivity index (χ3v) is 8.30. The number of anilines is 3. The fraction of sp³-hybridized carbons (Fsp3) is 0.0938. The number of amides is 2. The van der Waals surface area contributed by atoms with E-state index in [4.69, 9.17) is 4.74 Å². The molecule has 0 saturated carbocycles. The number of methoxy groups -OCH3 is 1. The summed E-state index contributed by atoms with van der Waals surface area (Å²) in [7, 11) is -1.01. The summed E-state index contributed by atoms with van der Waals surface area (Å²) in [4.78, 5) is 38.6. The molecule has 2 amide bonds. The Kier molecular flexibility index (Phi) is 8.36. The van der Waals surface area contributed by atoms with Gasteiger partial charge in [0, 0.05) is 29.5 Å². The van der Waals surface area contributed by atoms with E-state index in [2.05, 4.69) is 15.4 Å². The van der Waals surface area contributed by atoms with Crippen molar-refractivity contribution in [1.29, 1.82) is 0 Å². The average molecular weight is 612 g/mol. The second-order valence-corrected chi connectivity index (χ2v) is 11.5. The number of hydrogen-bond donors (Lipinski definition) is 3. The van der Waals surface area contributed by atoms with Crippen LogP contribution in [-0.2, 0) is 17.1 Å². The van der Waals surface area contributed by atoms with Crippen LogP contribution in [0.3, 0.4) is 0 Å². The highest BCUT2D eigenvalue weighted by molar-refractivity contribution is 7.92. The van der Waals surface area contributed by atoms with Crippen LogP contribution in [0, 0.1) is 6.92 Å². The molecule has 1 aromatic heterocycles. The highest BCUT2D eigenvalue weighted by Gasteiger charge is 2.23. The van der Waals surface area contributed by atoms with E-state index >= 15 is 0 Å². The molecule has 0 aliphatic carbocycles. The monoisotopic (exact) mass is 611 g/mol. The predicted octanol–water partition coefficient (Wildman–Crippen LogP) is 4.80. The number of aromatic nitrogens is 2. The number of carbonyl (C=O) groups is 2. The lowest BCUT2D eigenvalue weighted by Gasteiger charge is -2.10. The van der Waals surface area contributed by atoms with Crippen molar-refractivity contribution in [2.75, 3.05) is 22.5 Å². The highest BCUT2D eigenvalue weighted by atomic mass is 32.2. The molecule has 0 saturated heterocycles. The summed E-state index contributed by atoms with van der Waals surface area (Å²) in [5, 5.41) is 5.49. The van der Waals surface area contributed by atoms with Crippen LogP contribution < -0.4 is 25.7 Å². The van der Waals surface area contributed by atoms with Crippen LogP contribution in [0.1, 0.15) is 26.4 Å². The molecule has 12 heteroatoms. The van der Waals surface area contributed by atoms with E-state index in [0.717, 1.165) is 0 Å². The van der Waals surface area contributed by atoms with Gasteiger partial charge in [-0.05, 0) is 85.8 Å². The summed E-state index contributed by atoms with van der Waals surface area (Å²) < 4.78 is 37.1. The van der Waals surface area contributed by atoms with Crippen LogP contribution in [0.15, 0.2) is 113 Å². The van der Waals surface area contributed by atoms with E-state index in [0.29, 0.717) is 34.1 Å². The molecule has 3 N–H and O–H groups in total. The Balaban J connectivity index is 1.29. The molecule has 0 fully saturated rings. The summed E-state index contributed by atoms with van der Waals surface area (Å²) in [6, 6.07) is 27.5. The van der Waals surface area contributed by atoms with Crippen molar-refractivity contribution >= 4 is 38.9 Å². The smallest absolute Gasteiger partial charge is 0.296 e. The molecule has 1 heterocycles. The number of para-hydroxylation sites is 1. The normalized spacial score (nSPS) is 11.1. The zero-order chi connectivity index (χ0) is 31.4. The quantitative estimate of drug-likeness (QED) is 0.219. The zero-order valence-electron chi connectivity index (χ0n) is 24.1. The minimum absolute atomic E-state index is 0.0840. The van der Waals surface area contributed by atoms with Crippen LogP contribution in [-0.4, -0.2) is 36.7 Å². The first kappa shape index (κ1) is 29.9. The topological polar surface area (TPSA) is 141 Å². The van der Waals surface area contributed by atoms with Crippen molar-refractivity contribution in [3.8, 4) is 11.4 Å². The zero-order valence-corrected chi connectivity index (χ0v) is 24.9. The molecule has 5 aromatic rings. The largest absolute Gasteiger partial charge is 0.497 e. The van der Waals surface area contributed by atoms with Gasteiger partial charge in [0.2, 0.25) is 0 Å². The van der Waals surface area contributed by atoms with Gasteiger partial charge in [0.25, 0.3) is 27.4 Å². The second kappa shape index (κ2) is 12.3. The molecule has 0 aliphatic heterocycles. The van der Waals surface area contributed by atoms with Gasteiger partial charge in [0.15, 0.2) is 0 Å². The molecule has 0 aliphatic rings. The van der Waals surface area contributed by atoms with Crippen molar-refractivity contribution in [2.45, 2.75) is 11.8 Å². The summed E-state index contributed by atoms with van der Waals surface area (Å²) in [5.41, 5.74) is 1.83. The van der Waals surface area contributed by atoms with Crippen LogP contribution >= 0.6 is 0 Å². The van der Waals surface area contributed by atoms with E-state index < -0.39 is 21.5 Å². The van der Waals surface area contributed by atoms with Gasteiger partial charge >= 0.3 is 0 Å². The number of sulfonamides is 1. The number of rotatable bonds is 9. The van der Waals surface area contributed by atoms with Crippen molar-refractivity contribution < 1.29 is 22.7 Å². The van der Waals surface area contributed by atoms with Gasteiger partial charge in [-0.15, -0.1) is 0 Å². The first-order valence-electron chi connectivity index (χ1n) is 13.4. The van der Waals surface area contributed by atoms with Crippen molar-refractivity contribution in [2.24, 2.45) is 7.05 Å². The minimum Gasteiger partial charge on any atom is -0.497 e. The highest BCUT2D eigenvalue weighted by Crippen LogP contribution is 2.21. The van der Waals surface area contributed by atoms with Gasteiger partial charge in [-0.3, -0.25) is 23.8 Å². The standard InChI is InChI=1S/C32H29N5O6S/c1-21-29(32(40)37(36(21)2)26-9-5-4-6-10-26)35-44(41,42)28-11-7-8-23(20-28)31(39)34-24-14-12-22(13-15-24)30(38)33-25-16-18-27(43-3)19-17-25/h4-20,35H,1-3H3,(H,33,38)(H,34,39). The Hall–Kier alpha value is -5.62. The van der Waals surface area contributed by atoms with Gasteiger partial charge in [-0.25, -0.2) is 13.1 Å². The molecule has 0 radical (unpaired) electrons. The number of benzene rings is 4. The number of nitrogens with one attached hydrogen (secondary N) is 3. The molecule has 0 spiro atoms. The molecule has 224 valence electrons. The molecular formula is C32H29N5O6S. The third-order valence-electron chi connectivity index (χ3n) is 6.95. The van der Waals surface area contributed by atoms with Gasteiger partial charge in [0.05, 0.1) is 23.4 Å². The molecule has 0 bridgehead atoms. The molecule has 4 aromatic carbocycles. The van der Waals surface area contributed by atoms with E-state index in [1.807, 2.05) is 6.07 Å². The molecular weight excluding hydrogens is 582 g/mol. The van der Waals surface area contributed by atoms with E-state index in [1.54, 1.807) is 98.6 Å². The molecule has 5 rings (SSSR count). The van der Waals surface area contributed by atoms with Crippen LogP contribution in [0.5, 0.6) is 5.75 Å². The second-order valence-electron chi connectivity index (χ2n) is 9.78. The van der Waals surface area contributed by atoms with Gasteiger partial charge in [0.1, 0.15) is 11.4 Å². The first-order valence-corrected chi connectivity index (χ1v) is 14.9. The summed E-state index contributed by atoms with van der Waals surface area (Å²) in [5.74, 6) is -0.218. The van der Waals surface area contributed by atoms with E-state index in [1.165, 1.54) is 28.9 Å². The molecule has 0 unspecified atom stereocenters. The Morgan fingerprint density at radius 1 is 0.750 bits per heavy atom. The van der Waals surface area contributed by atoms with E-state index in [9.17, 15) is 22.8 Å². The maximum absolute atomic E-state index is 13.3. The fourth-order valence-corrected chi connectivity index (χ4v) is 5.63. The maximum atomic E-state index is 13.3. The van der Waals surface area contributed by atoms with Gasteiger partial charge in [-0.2, -0.15) is 0 Å². The predicted molar refractivity (Wildman–Crippen MR) is 168 cm³/mol. The van der Waals surface area contributed by atoms with E-state index in [-0.39, 0.29) is 22.1 Å². The Morgan fingerprint density at radius 3 is 1.95 bits per heavy atom. The first-order chi connectivity index (χ1) is 21.1. The van der Waals surface area contributed by atoms with Crippen LogP contribution in [0.25, 0.3) is 5.69 Å². The van der Waals surface area contributed by atoms with Crippen molar-refractivity contribution in [3.63, 3.8) is 0 Å². The van der Waals surface area contributed by atoms with Gasteiger partial charge in [-0.1, -0.05) is 24.3 Å². The summed E-state index contributed by atoms with van der Waals surface area (Å²) >= 11 is 0. The molecule has 0 atom stereocenters. The molecule has 11 nitrogen and oxygen atoms in total. The summed E-state index contributed by atoms with van der Waals surface area (Å²) in [6.07, 6.45) is 0. The average Bonchev–Trinajstić information content (AvgIpc) is 3.24. The van der Waals surface area contributed by atoms with Crippen molar-refractivity contribution in [1.82, 2.24) is 9.36 Å². The Morgan fingerprint density at radius 2 is 1.34 bits per heavy atom. The number of carbonyl (C=O) groups excluding carboxylic acids is 2. The van der Waals surface area contributed by atoms with Crippen LogP contribution in [0.4, 0.5) is 17.1 Å². The minimum atomic E-state index is -4.23.